The molecule has 0 aromatic heterocycles. The normalized spacial score (nSPS) is 25.4. The van der Waals surface area contributed by atoms with Crippen molar-refractivity contribution in [1.82, 2.24) is 5.32 Å². The van der Waals surface area contributed by atoms with E-state index in [1.807, 2.05) is 13.8 Å². The van der Waals surface area contributed by atoms with Gasteiger partial charge >= 0.3 is 0 Å². The maximum atomic E-state index is 12.4. The predicted molar refractivity (Wildman–Crippen MR) is 78.7 cm³/mol. The summed E-state index contributed by atoms with van der Waals surface area (Å²) in [6, 6.07) is 3.36. The number of hydrogen-bond donors (Lipinski definition) is 1. The Balaban J connectivity index is 2.68. The van der Waals surface area contributed by atoms with Gasteiger partial charge in [-0.15, -0.1) is 0 Å². The molecule has 2 unspecified atom stereocenters. The van der Waals surface area contributed by atoms with E-state index < -0.39 is 15.1 Å². The summed E-state index contributed by atoms with van der Waals surface area (Å²) in [5, 5.41) is 3.60. The molecule has 6 heteroatoms. The maximum Gasteiger partial charge on any atom is 0.182 e. The first-order valence-corrected chi connectivity index (χ1v) is 8.53. The Morgan fingerprint density at radius 2 is 1.84 bits per heavy atom. The summed E-state index contributed by atoms with van der Waals surface area (Å²) in [7, 11) is -3.40. The third-order valence-corrected chi connectivity index (χ3v) is 6.38. The Labute approximate surface area is 124 Å². The molecule has 0 spiro atoms. The molecule has 0 saturated heterocycles. The number of hydrogen-bond acceptors (Lipinski definition) is 3. The first-order valence-electron chi connectivity index (χ1n) is 6.23. The van der Waals surface area contributed by atoms with Crippen LogP contribution in [0.1, 0.15) is 38.8 Å². The van der Waals surface area contributed by atoms with Crippen molar-refractivity contribution in [2.45, 2.75) is 49.4 Å². The van der Waals surface area contributed by atoms with E-state index in [0.717, 1.165) is 0 Å². The van der Waals surface area contributed by atoms with Crippen LogP contribution in [0.25, 0.3) is 0 Å². The Bertz CT molecular complexity index is 599. The van der Waals surface area contributed by atoms with Gasteiger partial charge in [-0.05, 0) is 25.5 Å². The molecule has 106 valence electrons. The lowest BCUT2D eigenvalue weighted by Crippen LogP contribution is -2.37. The minimum atomic E-state index is -3.40. The molecule has 0 aliphatic carbocycles. The minimum Gasteiger partial charge on any atom is -0.308 e. The van der Waals surface area contributed by atoms with Gasteiger partial charge in [-0.25, -0.2) is 8.42 Å². The third kappa shape index (κ3) is 2.64. The summed E-state index contributed by atoms with van der Waals surface area (Å²) in [5.41, 5.74) is 0.612. The summed E-state index contributed by atoms with van der Waals surface area (Å²) in [4.78, 5) is 0.193. The van der Waals surface area contributed by atoms with E-state index in [-0.39, 0.29) is 22.0 Å². The summed E-state index contributed by atoms with van der Waals surface area (Å²) < 4.78 is 24.9. The molecular formula is C13H17Cl2NO2S. The van der Waals surface area contributed by atoms with E-state index in [9.17, 15) is 8.42 Å². The number of sulfone groups is 1. The Morgan fingerprint density at radius 3 is 2.42 bits per heavy atom. The van der Waals surface area contributed by atoms with Gasteiger partial charge in [0, 0.05) is 22.7 Å². The van der Waals surface area contributed by atoms with E-state index in [4.69, 9.17) is 23.2 Å². The molecule has 1 aliphatic heterocycles. The van der Waals surface area contributed by atoms with Crippen molar-refractivity contribution < 1.29 is 8.42 Å². The van der Waals surface area contributed by atoms with Crippen molar-refractivity contribution in [1.29, 1.82) is 0 Å². The van der Waals surface area contributed by atoms with Crippen molar-refractivity contribution in [3.63, 3.8) is 0 Å². The molecule has 0 amide bonds. The van der Waals surface area contributed by atoms with Gasteiger partial charge in [0.05, 0.1) is 15.2 Å². The lowest BCUT2D eigenvalue weighted by molar-refractivity contribution is 0.428. The molecule has 1 aromatic carbocycles. The number of nitrogens with one attached hydrogen (secondary N) is 1. The zero-order valence-electron chi connectivity index (χ0n) is 11.1. The second-order valence-electron chi connectivity index (χ2n) is 5.24. The van der Waals surface area contributed by atoms with Crippen molar-refractivity contribution >= 4 is 33.0 Å². The Hall–Kier alpha value is -0.290. The standard InChI is InChI=1S/C13H17Cl2NO2S/c1-7(2)16-11-6-8(3)19(17,18)13-10(15)5-4-9(14)12(11)13/h4-5,7-8,11,16H,6H2,1-3H3. The van der Waals surface area contributed by atoms with E-state index in [2.05, 4.69) is 5.32 Å². The molecule has 0 bridgehead atoms. The van der Waals surface area contributed by atoms with E-state index in [1.165, 1.54) is 0 Å². The summed E-state index contributed by atoms with van der Waals surface area (Å²) in [6.45, 7) is 5.75. The fraction of sp³-hybridized carbons (Fsp3) is 0.538. The van der Waals surface area contributed by atoms with E-state index in [1.54, 1.807) is 19.1 Å². The smallest absolute Gasteiger partial charge is 0.182 e. The quantitative estimate of drug-likeness (QED) is 0.905. The van der Waals surface area contributed by atoms with Crippen LogP contribution in [0, 0.1) is 0 Å². The zero-order valence-corrected chi connectivity index (χ0v) is 13.4. The number of rotatable bonds is 2. The van der Waals surface area contributed by atoms with Gasteiger partial charge in [-0.2, -0.15) is 0 Å². The third-order valence-electron chi connectivity index (χ3n) is 3.36. The van der Waals surface area contributed by atoms with Gasteiger partial charge in [-0.1, -0.05) is 37.0 Å². The molecule has 19 heavy (non-hydrogen) atoms. The molecule has 0 saturated carbocycles. The van der Waals surface area contributed by atoms with Crippen LogP contribution in [0.2, 0.25) is 10.0 Å². The number of benzene rings is 1. The Morgan fingerprint density at radius 1 is 1.26 bits per heavy atom. The zero-order chi connectivity index (χ0) is 14.4. The van der Waals surface area contributed by atoms with Crippen molar-refractivity contribution in [3.05, 3.63) is 27.7 Å². The molecule has 1 heterocycles. The van der Waals surface area contributed by atoms with Crippen LogP contribution in [-0.2, 0) is 9.84 Å². The lowest BCUT2D eigenvalue weighted by Gasteiger charge is -2.32. The topological polar surface area (TPSA) is 46.2 Å². The second kappa shape index (κ2) is 5.24. The van der Waals surface area contributed by atoms with Crippen LogP contribution in [0.5, 0.6) is 0 Å². The predicted octanol–water partition coefficient (Wildman–Crippen LogP) is 3.60. The monoisotopic (exact) mass is 321 g/mol. The highest BCUT2D eigenvalue weighted by molar-refractivity contribution is 7.92. The van der Waals surface area contributed by atoms with Crippen LogP contribution >= 0.6 is 23.2 Å². The van der Waals surface area contributed by atoms with Crippen LogP contribution in [0.15, 0.2) is 17.0 Å². The van der Waals surface area contributed by atoms with Crippen LogP contribution < -0.4 is 5.32 Å². The van der Waals surface area contributed by atoms with Crippen LogP contribution in [0.4, 0.5) is 0 Å². The average Bonchev–Trinajstić information content (AvgIpc) is 2.28. The largest absolute Gasteiger partial charge is 0.308 e. The summed E-state index contributed by atoms with van der Waals surface area (Å²) >= 11 is 12.3. The second-order valence-corrected chi connectivity index (χ2v) is 8.35. The lowest BCUT2D eigenvalue weighted by atomic mass is 10.0. The molecule has 0 radical (unpaired) electrons. The fourth-order valence-electron chi connectivity index (χ4n) is 2.49. The SMILES string of the molecule is CC(C)NC1CC(C)S(=O)(=O)c2c(Cl)ccc(Cl)c21. The highest BCUT2D eigenvalue weighted by Gasteiger charge is 2.39. The van der Waals surface area contributed by atoms with E-state index in [0.29, 0.717) is 17.0 Å². The summed E-state index contributed by atoms with van der Waals surface area (Å²) in [5.74, 6) is 0. The van der Waals surface area contributed by atoms with Gasteiger partial charge in [-0.3, -0.25) is 0 Å². The molecule has 2 atom stereocenters. The van der Waals surface area contributed by atoms with Crippen LogP contribution in [-0.4, -0.2) is 19.7 Å². The average molecular weight is 322 g/mol. The highest BCUT2D eigenvalue weighted by Crippen LogP contribution is 2.43. The first-order chi connectivity index (χ1) is 8.75. The van der Waals surface area contributed by atoms with Gasteiger partial charge < -0.3 is 5.32 Å². The van der Waals surface area contributed by atoms with Crippen molar-refractivity contribution in [2.75, 3.05) is 0 Å². The number of halogens is 2. The molecule has 0 fully saturated rings. The molecule has 3 nitrogen and oxygen atoms in total. The van der Waals surface area contributed by atoms with E-state index >= 15 is 0 Å². The molecule has 1 aromatic rings. The summed E-state index contributed by atoms with van der Waals surface area (Å²) in [6.07, 6.45) is 0.508. The molecule has 1 N–H and O–H groups in total. The number of fused-ring (bicyclic) bond motifs is 1. The fourth-order valence-corrected chi connectivity index (χ4v) is 5.07. The maximum absolute atomic E-state index is 12.4. The van der Waals surface area contributed by atoms with Gasteiger partial charge in [0.15, 0.2) is 9.84 Å². The van der Waals surface area contributed by atoms with Crippen LogP contribution in [0.3, 0.4) is 0 Å². The Kier molecular flexibility index (Phi) is 4.17. The highest BCUT2D eigenvalue weighted by atomic mass is 35.5. The van der Waals surface area contributed by atoms with Gasteiger partial charge in [0.2, 0.25) is 0 Å². The van der Waals surface area contributed by atoms with Gasteiger partial charge in [0.1, 0.15) is 0 Å². The molecule has 1 aliphatic rings. The van der Waals surface area contributed by atoms with Crippen molar-refractivity contribution in [2.24, 2.45) is 0 Å². The first kappa shape index (κ1) is 15.1. The molecule has 2 rings (SSSR count). The minimum absolute atomic E-state index is 0.0836. The van der Waals surface area contributed by atoms with Gasteiger partial charge in [0.25, 0.3) is 0 Å². The van der Waals surface area contributed by atoms with Crippen molar-refractivity contribution in [3.8, 4) is 0 Å². The molecular weight excluding hydrogens is 305 g/mol.